The highest BCUT2D eigenvalue weighted by molar-refractivity contribution is 7.89. The van der Waals surface area contributed by atoms with E-state index in [0.717, 1.165) is 0 Å². The van der Waals surface area contributed by atoms with Gasteiger partial charge in [-0.05, 0) is 25.5 Å². The van der Waals surface area contributed by atoms with Crippen LogP contribution in [0.4, 0.5) is 0 Å². The van der Waals surface area contributed by atoms with E-state index in [4.69, 9.17) is 10.4 Å². The number of aryl methyl sites for hydroxylation is 1. The molecule has 0 amide bonds. The van der Waals surface area contributed by atoms with Gasteiger partial charge < -0.3 is 5.11 Å². The third-order valence-corrected chi connectivity index (χ3v) is 3.92. The molecule has 0 fully saturated rings. The van der Waals surface area contributed by atoms with E-state index < -0.39 is 22.0 Å². The normalized spacial score (nSPS) is 12.7. The standard InChI is InChI=1S/C11H12N2O4S/c1-7-4-3-5-10(9(7)6-12)18(16,17)13-8(2)11(14)15/h3-5,8,13H,1-2H3,(H,14,15)/t8-/m1/s1. The Labute approximate surface area is 105 Å². The Bertz CT molecular complexity index is 616. The van der Waals surface area contributed by atoms with E-state index in [1.807, 2.05) is 4.72 Å². The molecule has 1 aromatic rings. The summed E-state index contributed by atoms with van der Waals surface area (Å²) < 4.78 is 25.9. The molecule has 0 spiro atoms. The number of nitrogens with zero attached hydrogens (tertiary/aromatic N) is 1. The van der Waals surface area contributed by atoms with Crippen molar-refractivity contribution < 1.29 is 18.3 Å². The van der Waals surface area contributed by atoms with Crippen molar-refractivity contribution in [1.29, 1.82) is 5.26 Å². The van der Waals surface area contributed by atoms with Gasteiger partial charge >= 0.3 is 5.97 Å². The van der Waals surface area contributed by atoms with E-state index in [1.54, 1.807) is 19.1 Å². The van der Waals surface area contributed by atoms with Crippen LogP contribution in [-0.4, -0.2) is 25.5 Å². The van der Waals surface area contributed by atoms with Crippen molar-refractivity contribution >= 4 is 16.0 Å². The van der Waals surface area contributed by atoms with Crippen molar-refractivity contribution in [3.8, 4) is 6.07 Å². The van der Waals surface area contributed by atoms with E-state index in [9.17, 15) is 13.2 Å². The molecule has 0 saturated carbocycles. The lowest BCUT2D eigenvalue weighted by Crippen LogP contribution is -2.38. The maximum atomic E-state index is 12.0. The molecule has 7 heteroatoms. The number of carbonyl (C=O) groups is 1. The van der Waals surface area contributed by atoms with Crippen LogP contribution >= 0.6 is 0 Å². The first kappa shape index (κ1) is 14.2. The molecule has 0 radical (unpaired) electrons. The van der Waals surface area contributed by atoms with E-state index in [1.165, 1.54) is 19.1 Å². The van der Waals surface area contributed by atoms with Crippen LogP contribution < -0.4 is 4.72 Å². The van der Waals surface area contributed by atoms with Crippen molar-refractivity contribution in [2.45, 2.75) is 24.8 Å². The van der Waals surface area contributed by atoms with Crippen molar-refractivity contribution in [2.75, 3.05) is 0 Å². The summed E-state index contributed by atoms with van der Waals surface area (Å²) in [6, 6.07) is 4.92. The fourth-order valence-electron chi connectivity index (χ4n) is 1.35. The zero-order valence-electron chi connectivity index (χ0n) is 9.84. The molecule has 0 aliphatic rings. The van der Waals surface area contributed by atoms with Gasteiger partial charge in [-0.2, -0.15) is 9.98 Å². The molecular formula is C11H12N2O4S. The van der Waals surface area contributed by atoms with Gasteiger partial charge in [0.15, 0.2) is 0 Å². The first-order chi connectivity index (χ1) is 8.29. The van der Waals surface area contributed by atoms with Crippen LogP contribution in [0.25, 0.3) is 0 Å². The molecule has 0 bridgehead atoms. The van der Waals surface area contributed by atoms with Gasteiger partial charge in [-0.3, -0.25) is 4.79 Å². The van der Waals surface area contributed by atoms with E-state index >= 15 is 0 Å². The lowest BCUT2D eigenvalue weighted by atomic mass is 10.1. The van der Waals surface area contributed by atoms with Gasteiger partial charge in [0, 0.05) is 0 Å². The number of nitrogens with one attached hydrogen (secondary N) is 1. The predicted octanol–water partition coefficient (Wildman–Crippen LogP) is 0.618. The second kappa shape index (κ2) is 5.16. The maximum absolute atomic E-state index is 12.0. The van der Waals surface area contributed by atoms with Crippen LogP contribution in [0.5, 0.6) is 0 Å². The lowest BCUT2D eigenvalue weighted by Gasteiger charge is -2.12. The highest BCUT2D eigenvalue weighted by atomic mass is 32.2. The minimum atomic E-state index is -4.02. The molecule has 1 rings (SSSR count). The monoisotopic (exact) mass is 268 g/mol. The summed E-state index contributed by atoms with van der Waals surface area (Å²) in [5, 5.41) is 17.6. The molecule has 96 valence electrons. The average Bonchev–Trinajstić information content (AvgIpc) is 2.27. The fourth-order valence-corrected chi connectivity index (χ4v) is 2.78. The van der Waals surface area contributed by atoms with Crippen molar-refractivity contribution in [2.24, 2.45) is 0 Å². The van der Waals surface area contributed by atoms with Gasteiger partial charge in [0.25, 0.3) is 0 Å². The number of aliphatic carboxylic acids is 1. The van der Waals surface area contributed by atoms with Gasteiger partial charge in [0.05, 0.1) is 5.56 Å². The molecule has 0 unspecified atom stereocenters. The van der Waals surface area contributed by atoms with E-state index in [2.05, 4.69) is 0 Å². The summed E-state index contributed by atoms with van der Waals surface area (Å²) in [4.78, 5) is 10.4. The molecule has 1 aromatic carbocycles. The Balaban J connectivity index is 3.27. The highest BCUT2D eigenvalue weighted by Crippen LogP contribution is 2.18. The fraction of sp³-hybridized carbons (Fsp3) is 0.273. The molecule has 1 atom stereocenters. The SMILES string of the molecule is Cc1cccc(S(=O)(=O)N[C@H](C)C(=O)O)c1C#N. The molecule has 0 heterocycles. The first-order valence-corrected chi connectivity index (χ1v) is 6.52. The topological polar surface area (TPSA) is 107 Å². The second-order valence-electron chi connectivity index (χ2n) is 3.74. The zero-order chi connectivity index (χ0) is 13.9. The minimum Gasteiger partial charge on any atom is -0.480 e. The van der Waals surface area contributed by atoms with Crippen molar-refractivity contribution in [3.05, 3.63) is 29.3 Å². The minimum absolute atomic E-state index is 0.0163. The molecule has 18 heavy (non-hydrogen) atoms. The van der Waals surface area contributed by atoms with E-state index in [0.29, 0.717) is 5.56 Å². The van der Waals surface area contributed by atoms with Crippen LogP contribution in [0.1, 0.15) is 18.1 Å². The number of carboxylic acid groups (broad SMARTS) is 1. The Morgan fingerprint density at radius 3 is 2.61 bits per heavy atom. The van der Waals surface area contributed by atoms with E-state index in [-0.39, 0.29) is 10.5 Å². The first-order valence-electron chi connectivity index (χ1n) is 5.04. The molecule has 2 N–H and O–H groups in total. The number of sulfonamides is 1. The Kier molecular flexibility index (Phi) is 4.06. The number of benzene rings is 1. The van der Waals surface area contributed by atoms with Crippen LogP contribution in [0.15, 0.2) is 23.1 Å². The van der Waals surface area contributed by atoms with Gasteiger partial charge in [-0.15, -0.1) is 0 Å². The van der Waals surface area contributed by atoms with Crippen molar-refractivity contribution in [3.63, 3.8) is 0 Å². The summed E-state index contributed by atoms with van der Waals surface area (Å²) in [5.74, 6) is -1.29. The lowest BCUT2D eigenvalue weighted by molar-refractivity contribution is -0.138. The third kappa shape index (κ3) is 2.85. The predicted molar refractivity (Wildman–Crippen MR) is 63.3 cm³/mol. The average molecular weight is 268 g/mol. The summed E-state index contributed by atoms with van der Waals surface area (Å²) in [5.41, 5.74) is 0.533. The van der Waals surface area contributed by atoms with Crippen LogP contribution in [0.3, 0.4) is 0 Å². The summed E-state index contributed by atoms with van der Waals surface area (Å²) in [7, 11) is -4.02. The number of nitriles is 1. The number of hydrogen-bond acceptors (Lipinski definition) is 4. The zero-order valence-corrected chi connectivity index (χ0v) is 10.7. The largest absolute Gasteiger partial charge is 0.480 e. The Morgan fingerprint density at radius 2 is 2.11 bits per heavy atom. The number of carboxylic acids is 1. The number of rotatable bonds is 4. The molecule has 0 aliphatic heterocycles. The van der Waals surface area contributed by atoms with Gasteiger partial charge in [0.1, 0.15) is 17.0 Å². The van der Waals surface area contributed by atoms with Gasteiger partial charge in [-0.1, -0.05) is 12.1 Å². The highest BCUT2D eigenvalue weighted by Gasteiger charge is 2.24. The molecule has 0 saturated heterocycles. The molecule has 0 aliphatic carbocycles. The smallest absolute Gasteiger partial charge is 0.321 e. The maximum Gasteiger partial charge on any atom is 0.321 e. The Hall–Kier alpha value is -1.91. The van der Waals surface area contributed by atoms with Crippen LogP contribution in [0, 0.1) is 18.3 Å². The quantitative estimate of drug-likeness (QED) is 0.832. The van der Waals surface area contributed by atoms with Crippen molar-refractivity contribution in [1.82, 2.24) is 4.72 Å². The summed E-state index contributed by atoms with van der Waals surface area (Å²) in [6.45, 7) is 2.82. The summed E-state index contributed by atoms with van der Waals surface area (Å²) in [6.07, 6.45) is 0. The second-order valence-corrected chi connectivity index (χ2v) is 5.42. The molecule has 6 nitrogen and oxygen atoms in total. The number of hydrogen-bond donors (Lipinski definition) is 2. The third-order valence-electron chi connectivity index (χ3n) is 2.34. The van der Waals surface area contributed by atoms with Crippen LogP contribution in [-0.2, 0) is 14.8 Å². The van der Waals surface area contributed by atoms with Gasteiger partial charge in [0.2, 0.25) is 10.0 Å². The van der Waals surface area contributed by atoms with Crippen LogP contribution in [0.2, 0.25) is 0 Å². The Morgan fingerprint density at radius 1 is 1.50 bits per heavy atom. The van der Waals surface area contributed by atoms with Gasteiger partial charge in [-0.25, -0.2) is 8.42 Å². The molecular weight excluding hydrogens is 256 g/mol. The summed E-state index contributed by atoms with van der Waals surface area (Å²) >= 11 is 0. The molecule has 0 aromatic heterocycles.